The number of anilines is 1. The average Bonchev–Trinajstić information content (AvgIpc) is 2.88. The molecule has 0 spiro atoms. The molecule has 0 saturated heterocycles. The highest BCUT2D eigenvalue weighted by Crippen LogP contribution is 2.60. The molecule has 0 radical (unpaired) electrons. The van der Waals surface area contributed by atoms with E-state index in [-0.39, 0.29) is 18.4 Å². The van der Waals surface area contributed by atoms with E-state index >= 15 is 0 Å². The van der Waals surface area contributed by atoms with Crippen molar-refractivity contribution in [2.75, 3.05) is 11.9 Å². The maximum Gasteiger partial charge on any atom is 0.243 e. The summed E-state index contributed by atoms with van der Waals surface area (Å²) in [7, 11) is 0. The first-order valence-electron chi connectivity index (χ1n) is 13.4. The Morgan fingerprint density at radius 1 is 0.722 bits per heavy atom. The Hall–Kier alpha value is -3.40. The third-order valence-corrected chi connectivity index (χ3v) is 8.77. The molecule has 4 fully saturated rings. The minimum Gasteiger partial charge on any atom is -0.346 e. The minimum absolute atomic E-state index is 0.0638. The Balaban J connectivity index is 1.09. The van der Waals surface area contributed by atoms with Gasteiger partial charge in [-0.2, -0.15) is 0 Å². The van der Waals surface area contributed by atoms with Crippen molar-refractivity contribution in [2.24, 2.45) is 17.8 Å². The molecule has 3 aromatic rings. The molecule has 4 saturated carbocycles. The van der Waals surface area contributed by atoms with Gasteiger partial charge in [0.05, 0.1) is 12.5 Å². The lowest BCUT2D eigenvalue weighted by molar-refractivity contribution is -0.124. The molecule has 2 amide bonds. The Labute approximate surface area is 213 Å². The fourth-order valence-electron chi connectivity index (χ4n) is 7.63. The monoisotopic (exact) mass is 478 g/mol. The number of rotatable bonds is 7. The van der Waals surface area contributed by atoms with E-state index in [9.17, 15) is 9.59 Å². The molecule has 2 N–H and O–H groups in total. The van der Waals surface area contributed by atoms with Crippen LogP contribution in [0.2, 0.25) is 0 Å². The molecule has 36 heavy (non-hydrogen) atoms. The van der Waals surface area contributed by atoms with E-state index in [1.165, 1.54) is 44.1 Å². The Bertz CT molecular complexity index is 1150. The van der Waals surface area contributed by atoms with Crippen molar-refractivity contribution in [1.82, 2.24) is 5.32 Å². The lowest BCUT2D eigenvalue weighted by atomic mass is 9.48. The zero-order valence-corrected chi connectivity index (χ0v) is 20.7. The molecule has 184 valence electrons. The Morgan fingerprint density at radius 3 is 1.72 bits per heavy atom. The summed E-state index contributed by atoms with van der Waals surface area (Å²) in [6.07, 6.45) is 8.32. The van der Waals surface area contributed by atoms with Crippen LogP contribution in [0.1, 0.15) is 61.1 Å². The third-order valence-electron chi connectivity index (χ3n) is 8.77. The van der Waals surface area contributed by atoms with E-state index in [0.29, 0.717) is 5.41 Å². The van der Waals surface area contributed by atoms with Gasteiger partial charge in [-0.15, -0.1) is 0 Å². The summed E-state index contributed by atoms with van der Waals surface area (Å²) in [5.74, 6) is 1.88. The van der Waals surface area contributed by atoms with Crippen LogP contribution < -0.4 is 10.6 Å². The predicted molar refractivity (Wildman–Crippen MR) is 143 cm³/mol. The van der Waals surface area contributed by atoms with Crippen molar-refractivity contribution < 1.29 is 9.59 Å². The maximum atomic E-state index is 13.2. The number of hydrogen-bond acceptors (Lipinski definition) is 2. The van der Waals surface area contributed by atoms with Crippen LogP contribution in [0.3, 0.4) is 0 Å². The fourth-order valence-corrected chi connectivity index (χ4v) is 7.63. The van der Waals surface area contributed by atoms with E-state index in [0.717, 1.165) is 34.6 Å². The molecule has 4 aliphatic rings. The van der Waals surface area contributed by atoms with Crippen LogP contribution in [-0.4, -0.2) is 18.4 Å². The largest absolute Gasteiger partial charge is 0.346 e. The molecule has 7 rings (SSSR count). The summed E-state index contributed by atoms with van der Waals surface area (Å²) < 4.78 is 0. The van der Waals surface area contributed by atoms with Crippen LogP contribution >= 0.6 is 0 Å². The molecule has 3 aromatic carbocycles. The highest BCUT2D eigenvalue weighted by atomic mass is 16.2. The second kappa shape index (κ2) is 9.57. The van der Waals surface area contributed by atoms with Crippen LogP contribution in [0, 0.1) is 17.8 Å². The number of carbonyl (C=O) groups excluding carboxylic acids is 2. The van der Waals surface area contributed by atoms with Gasteiger partial charge in [0.2, 0.25) is 11.8 Å². The molecule has 0 aliphatic heterocycles. The van der Waals surface area contributed by atoms with Gasteiger partial charge >= 0.3 is 0 Å². The van der Waals surface area contributed by atoms with Crippen LogP contribution in [0.5, 0.6) is 0 Å². The summed E-state index contributed by atoms with van der Waals surface area (Å²) in [4.78, 5) is 25.9. The molecule has 4 nitrogen and oxygen atoms in total. The van der Waals surface area contributed by atoms with Crippen molar-refractivity contribution in [2.45, 2.75) is 49.9 Å². The number of nitrogens with one attached hydrogen (secondary N) is 2. The zero-order chi connectivity index (χ0) is 24.5. The SMILES string of the molecule is O=C(CNC(=O)C(c1ccccc1)c1ccccc1)Nc1ccc(C23CC4CC(CC(C4)C2)C3)cc1. The lowest BCUT2D eigenvalue weighted by Crippen LogP contribution is -2.48. The third kappa shape index (κ3) is 4.57. The van der Waals surface area contributed by atoms with Gasteiger partial charge < -0.3 is 10.6 Å². The molecular formula is C32H34N2O2. The van der Waals surface area contributed by atoms with Crippen LogP contribution in [0.15, 0.2) is 84.9 Å². The standard InChI is InChI=1S/C32H34N2O2/c35-29(21-33-31(36)30(25-7-3-1-4-8-25)26-9-5-2-6-10-26)34-28-13-11-27(12-14-28)32-18-22-15-23(19-32)17-24(16-22)20-32/h1-14,22-24,30H,15-21H2,(H,33,36)(H,34,35). The molecule has 0 unspecified atom stereocenters. The second-order valence-corrected chi connectivity index (χ2v) is 11.3. The molecule has 0 aromatic heterocycles. The average molecular weight is 479 g/mol. The van der Waals surface area contributed by atoms with Crippen LogP contribution in [0.4, 0.5) is 5.69 Å². The van der Waals surface area contributed by atoms with Gasteiger partial charge in [0.15, 0.2) is 0 Å². The second-order valence-electron chi connectivity index (χ2n) is 11.3. The van der Waals surface area contributed by atoms with Crippen molar-refractivity contribution in [3.63, 3.8) is 0 Å². The maximum absolute atomic E-state index is 13.2. The summed E-state index contributed by atoms with van der Waals surface area (Å²) in [6, 6.07) is 27.9. The van der Waals surface area contributed by atoms with Crippen molar-refractivity contribution in [1.29, 1.82) is 0 Å². The van der Waals surface area contributed by atoms with Gasteiger partial charge in [0.25, 0.3) is 0 Å². The predicted octanol–water partition coefficient (Wildman–Crippen LogP) is 6.04. The summed E-state index contributed by atoms with van der Waals surface area (Å²) >= 11 is 0. The first kappa shape index (κ1) is 23.0. The van der Waals surface area contributed by atoms with E-state index in [2.05, 4.69) is 22.8 Å². The van der Waals surface area contributed by atoms with Gasteiger partial charge in [0, 0.05) is 5.69 Å². The van der Waals surface area contributed by atoms with Crippen molar-refractivity contribution in [3.05, 3.63) is 102 Å². The lowest BCUT2D eigenvalue weighted by Gasteiger charge is -2.57. The van der Waals surface area contributed by atoms with E-state index < -0.39 is 5.92 Å². The molecule has 4 heteroatoms. The molecule has 0 atom stereocenters. The zero-order valence-electron chi connectivity index (χ0n) is 20.7. The first-order valence-corrected chi connectivity index (χ1v) is 13.4. The summed E-state index contributed by atoms with van der Waals surface area (Å²) in [5.41, 5.74) is 4.39. The van der Waals surface area contributed by atoms with E-state index in [4.69, 9.17) is 0 Å². The summed E-state index contributed by atoms with van der Waals surface area (Å²) in [6.45, 7) is -0.0638. The topological polar surface area (TPSA) is 58.2 Å². The van der Waals surface area contributed by atoms with E-state index in [1.807, 2.05) is 72.8 Å². The van der Waals surface area contributed by atoms with Gasteiger partial charge in [-0.3, -0.25) is 9.59 Å². The number of benzene rings is 3. The number of hydrogen-bond donors (Lipinski definition) is 2. The van der Waals surface area contributed by atoms with Crippen molar-refractivity contribution in [3.8, 4) is 0 Å². The molecule has 4 bridgehead atoms. The van der Waals surface area contributed by atoms with Crippen LogP contribution in [0.25, 0.3) is 0 Å². The number of amides is 2. The normalized spacial score (nSPS) is 26.1. The molecule has 4 aliphatic carbocycles. The Kier molecular flexibility index (Phi) is 6.12. The van der Waals surface area contributed by atoms with E-state index in [1.54, 1.807) is 0 Å². The minimum atomic E-state index is -0.459. The fraction of sp³-hybridized carbons (Fsp3) is 0.375. The number of carbonyl (C=O) groups is 2. The highest BCUT2D eigenvalue weighted by Gasteiger charge is 2.51. The van der Waals surface area contributed by atoms with Crippen LogP contribution in [-0.2, 0) is 15.0 Å². The Morgan fingerprint density at radius 2 is 1.22 bits per heavy atom. The molecular weight excluding hydrogens is 444 g/mol. The molecule has 0 heterocycles. The van der Waals surface area contributed by atoms with Gasteiger partial charge in [0.1, 0.15) is 0 Å². The van der Waals surface area contributed by atoms with Gasteiger partial charge in [-0.05, 0) is 90.5 Å². The quantitative estimate of drug-likeness (QED) is 0.435. The van der Waals surface area contributed by atoms with Crippen molar-refractivity contribution >= 4 is 17.5 Å². The van der Waals surface area contributed by atoms with Gasteiger partial charge in [-0.1, -0.05) is 72.8 Å². The summed E-state index contributed by atoms with van der Waals surface area (Å²) in [5, 5.41) is 5.81. The first-order chi connectivity index (χ1) is 17.6. The smallest absolute Gasteiger partial charge is 0.243 e. The van der Waals surface area contributed by atoms with Gasteiger partial charge in [-0.25, -0.2) is 0 Å². The highest BCUT2D eigenvalue weighted by molar-refractivity contribution is 5.96.